The van der Waals surface area contributed by atoms with Crippen LogP contribution < -0.4 is 5.32 Å². The Labute approximate surface area is 103 Å². The van der Waals surface area contributed by atoms with Gasteiger partial charge in [-0.25, -0.2) is 0 Å². The molecule has 1 aromatic rings. The molecular formula is C11H12BrClN2. The average molecular weight is 288 g/mol. The van der Waals surface area contributed by atoms with Crippen LogP contribution in [0.1, 0.15) is 19.8 Å². The highest BCUT2D eigenvalue weighted by molar-refractivity contribution is 9.10. The molecule has 1 unspecified atom stereocenters. The van der Waals surface area contributed by atoms with Gasteiger partial charge < -0.3 is 5.32 Å². The van der Waals surface area contributed by atoms with Gasteiger partial charge in [0.15, 0.2) is 0 Å². The van der Waals surface area contributed by atoms with Crippen LogP contribution in [0.15, 0.2) is 22.7 Å². The van der Waals surface area contributed by atoms with Crippen LogP contribution in [0.3, 0.4) is 0 Å². The van der Waals surface area contributed by atoms with Gasteiger partial charge in [-0.2, -0.15) is 5.26 Å². The zero-order chi connectivity index (χ0) is 11.3. The van der Waals surface area contributed by atoms with E-state index < -0.39 is 0 Å². The van der Waals surface area contributed by atoms with Crippen molar-refractivity contribution in [3.8, 4) is 6.07 Å². The summed E-state index contributed by atoms with van der Waals surface area (Å²) in [6.07, 6.45) is 1.38. The molecule has 15 heavy (non-hydrogen) atoms. The predicted molar refractivity (Wildman–Crippen MR) is 67.1 cm³/mol. The molecule has 80 valence electrons. The Kier molecular flexibility index (Phi) is 4.93. The van der Waals surface area contributed by atoms with Gasteiger partial charge in [-0.3, -0.25) is 0 Å². The van der Waals surface area contributed by atoms with E-state index in [-0.39, 0.29) is 6.04 Å². The highest BCUT2D eigenvalue weighted by atomic mass is 79.9. The Balaban J connectivity index is 2.78. The molecule has 0 radical (unpaired) electrons. The minimum atomic E-state index is 0.154. The van der Waals surface area contributed by atoms with Crippen molar-refractivity contribution >= 4 is 33.2 Å². The lowest BCUT2D eigenvalue weighted by Crippen LogP contribution is -2.17. The molecule has 0 aliphatic carbocycles. The van der Waals surface area contributed by atoms with Crippen LogP contribution in [0.5, 0.6) is 0 Å². The summed E-state index contributed by atoms with van der Waals surface area (Å²) in [4.78, 5) is 0. The molecule has 0 fully saturated rings. The Morgan fingerprint density at radius 3 is 2.93 bits per heavy atom. The van der Waals surface area contributed by atoms with E-state index in [1.807, 2.05) is 25.1 Å². The number of nitriles is 1. The number of halogens is 2. The molecule has 1 atom stereocenters. The van der Waals surface area contributed by atoms with Crippen LogP contribution in [0.25, 0.3) is 0 Å². The molecule has 0 aliphatic heterocycles. The molecule has 0 bridgehead atoms. The lowest BCUT2D eigenvalue weighted by atomic mass is 10.1. The summed E-state index contributed by atoms with van der Waals surface area (Å²) in [5.41, 5.74) is 0.869. The van der Waals surface area contributed by atoms with Crippen molar-refractivity contribution in [3.05, 3.63) is 27.7 Å². The number of anilines is 1. The molecule has 1 rings (SSSR count). The van der Waals surface area contributed by atoms with Crippen LogP contribution in [-0.4, -0.2) is 6.04 Å². The van der Waals surface area contributed by atoms with E-state index in [0.717, 1.165) is 16.6 Å². The molecule has 2 nitrogen and oxygen atoms in total. The number of nitrogens with zero attached hydrogens (tertiary/aromatic N) is 1. The van der Waals surface area contributed by atoms with Crippen LogP contribution in [0.2, 0.25) is 5.02 Å². The maximum Gasteiger partial charge on any atom is 0.0643 e. The van der Waals surface area contributed by atoms with Crippen molar-refractivity contribution in [2.75, 3.05) is 5.32 Å². The molecule has 0 saturated heterocycles. The molecule has 1 aromatic carbocycles. The molecule has 0 aliphatic rings. The fraction of sp³-hybridized carbons (Fsp3) is 0.364. The molecule has 0 heterocycles. The maximum absolute atomic E-state index is 8.64. The van der Waals surface area contributed by atoms with Crippen LogP contribution in [-0.2, 0) is 0 Å². The van der Waals surface area contributed by atoms with E-state index in [1.165, 1.54) is 0 Å². The Morgan fingerprint density at radius 1 is 1.60 bits per heavy atom. The number of benzene rings is 1. The summed E-state index contributed by atoms with van der Waals surface area (Å²) in [5, 5.41) is 12.6. The highest BCUT2D eigenvalue weighted by Gasteiger charge is 2.08. The van der Waals surface area contributed by atoms with Gasteiger partial charge in [-0.05, 0) is 24.6 Å². The molecular weight excluding hydrogens is 275 g/mol. The number of hydrogen-bond donors (Lipinski definition) is 1. The second kappa shape index (κ2) is 5.99. The van der Waals surface area contributed by atoms with Crippen molar-refractivity contribution in [3.63, 3.8) is 0 Å². The average Bonchev–Trinajstić information content (AvgIpc) is 2.22. The first-order chi connectivity index (χ1) is 7.17. The first-order valence-electron chi connectivity index (χ1n) is 4.76. The SMILES string of the molecule is CCC(CC#N)Nc1cc(Br)ccc1Cl. The van der Waals surface area contributed by atoms with Gasteiger partial charge >= 0.3 is 0 Å². The molecule has 0 spiro atoms. The predicted octanol–water partition coefficient (Wildman–Crippen LogP) is 4.21. The second-order valence-corrected chi connectivity index (χ2v) is 4.56. The third kappa shape index (κ3) is 3.73. The molecule has 0 amide bonds. The Hall–Kier alpha value is -0.720. The molecule has 0 saturated carbocycles. The smallest absolute Gasteiger partial charge is 0.0643 e. The zero-order valence-electron chi connectivity index (χ0n) is 8.43. The summed E-state index contributed by atoms with van der Waals surface area (Å²) < 4.78 is 0.973. The topological polar surface area (TPSA) is 35.8 Å². The van der Waals surface area contributed by atoms with Gasteiger partial charge in [-0.1, -0.05) is 34.5 Å². The van der Waals surface area contributed by atoms with Gasteiger partial charge in [0, 0.05) is 10.5 Å². The van der Waals surface area contributed by atoms with Gasteiger partial charge in [-0.15, -0.1) is 0 Å². The highest BCUT2D eigenvalue weighted by Crippen LogP contribution is 2.26. The standard InChI is InChI=1S/C11H12BrClN2/c1-2-9(5-6-14)15-11-7-8(12)3-4-10(11)13/h3-4,7,9,15H,2,5H2,1H3. The largest absolute Gasteiger partial charge is 0.380 e. The third-order valence-electron chi connectivity index (χ3n) is 2.12. The zero-order valence-corrected chi connectivity index (χ0v) is 10.8. The summed E-state index contributed by atoms with van der Waals surface area (Å²) in [5.74, 6) is 0. The second-order valence-electron chi connectivity index (χ2n) is 3.24. The van der Waals surface area contributed by atoms with Crippen LogP contribution >= 0.6 is 27.5 Å². The first kappa shape index (κ1) is 12.4. The Morgan fingerprint density at radius 2 is 2.33 bits per heavy atom. The monoisotopic (exact) mass is 286 g/mol. The van der Waals surface area contributed by atoms with Gasteiger partial charge in [0.05, 0.1) is 23.2 Å². The van der Waals surface area contributed by atoms with E-state index in [9.17, 15) is 0 Å². The Bertz CT molecular complexity index is 373. The normalized spacial score (nSPS) is 11.9. The van der Waals surface area contributed by atoms with Crippen molar-refractivity contribution in [1.82, 2.24) is 0 Å². The quantitative estimate of drug-likeness (QED) is 0.900. The number of nitrogens with one attached hydrogen (secondary N) is 1. The first-order valence-corrected chi connectivity index (χ1v) is 5.93. The molecule has 0 aromatic heterocycles. The summed E-state index contributed by atoms with van der Waals surface area (Å²) in [7, 11) is 0. The lowest BCUT2D eigenvalue weighted by Gasteiger charge is -2.16. The summed E-state index contributed by atoms with van der Waals surface area (Å²) in [6.45, 7) is 2.04. The van der Waals surface area contributed by atoms with Gasteiger partial charge in [0.25, 0.3) is 0 Å². The van der Waals surface area contributed by atoms with Crippen molar-refractivity contribution in [1.29, 1.82) is 5.26 Å². The molecule has 4 heteroatoms. The minimum absolute atomic E-state index is 0.154. The maximum atomic E-state index is 8.64. The number of rotatable bonds is 4. The minimum Gasteiger partial charge on any atom is -0.380 e. The lowest BCUT2D eigenvalue weighted by molar-refractivity contribution is 0.711. The van der Waals surface area contributed by atoms with Crippen molar-refractivity contribution in [2.24, 2.45) is 0 Å². The van der Waals surface area contributed by atoms with Crippen LogP contribution in [0.4, 0.5) is 5.69 Å². The molecule has 1 N–H and O–H groups in total. The van der Waals surface area contributed by atoms with E-state index in [4.69, 9.17) is 16.9 Å². The van der Waals surface area contributed by atoms with Crippen LogP contribution in [0, 0.1) is 11.3 Å². The van der Waals surface area contributed by atoms with E-state index in [0.29, 0.717) is 11.4 Å². The fourth-order valence-electron chi connectivity index (χ4n) is 1.24. The summed E-state index contributed by atoms with van der Waals surface area (Å²) in [6, 6.07) is 7.94. The van der Waals surface area contributed by atoms with E-state index in [2.05, 4.69) is 27.3 Å². The summed E-state index contributed by atoms with van der Waals surface area (Å²) >= 11 is 9.41. The van der Waals surface area contributed by atoms with Gasteiger partial charge in [0.2, 0.25) is 0 Å². The van der Waals surface area contributed by atoms with Gasteiger partial charge in [0.1, 0.15) is 0 Å². The van der Waals surface area contributed by atoms with E-state index >= 15 is 0 Å². The van der Waals surface area contributed by atoms with E-state index in [1.54, 1.807) is 0 Å². The van der Waals surface area contributed by atoms with Crippen molar-refractivity contribution < 1.29 is 0 Å². The number of hydrogen-bond acceptors (Lipinski definition) is 2. The van der Waals surface area contributed by atoms with Crippen molar-refractivity contribution in [2.45, 2.75) is 25.8 Å². The fourth-order valence-corrected chi connectivity index (χ4v) is 1.77. The third-order valence-corrected chi connectivity index (χ3v) is 2.94.